The molecule has 0 unspecified atom stereocenters. The smallest absolute Gasteiger partial charge is 0.0562 e. The van der Waals surface area contributed by atoms with Gasteiger partial charge in [-0.25, -0.2) is 0 Å². The molecule has 0 fully saturated rings. The van der Waals surface area contributed by atoms with Crippen molar-refractivity contribution in [2.24, 2.45) is 0 Å². The van der Waals surface area contributed by atoms with Gasteiger partial charge in [0.2, 0.25) is 0 Å². The maximum absolute atomic E-state index is 2.45. The molecule has 0 saturated carbocycles. The van der Waals surface area contributed by atoms with Gasteiger partial charge in [0, 0.05) is 32.9 Å². The van der Waals surface area contributed by atoms with Crippen LogP contribution in [0.25, 0.3) is 88.0 Å². The summed E-state index contributed by atoms with van der Waals surface area (Å²) in [6, 6.07) is 66.3. The Morgan fingerprint density at radius 1 is 0.250 bits per heavy atom. The zero-order chi connectivity index (χ0) is 31.6. The van der Waals surface area contributed by atoms with Gasteiger partial charge in [-0.1, -0.05) is 133 Å². The normalized spacial score (nSPS) is 11.8. The molecule has 8 aromatic carbocycles. The van der Waals surface area contributed by atoms with E-state index in [0.717, 1.165) is 5.69 Å². The number of rotatable bonds is 4. The summed E-state index contributed by atoms with van der Waals surface area (Å²) in [5, 5.41) is 7.51. The minimum atomic E-state index is 1.15. The molecule has 2 nitrogen and oxygen atoms in total. The van der Waals surface area contributed by atoms with Crippen molar-refractivity contribution in [1.29, 1.82) is 0 Å². The summed E-state index contributed by atoms with van der Waals surface area (Å²) in [7, 11) is 0. The van der Waals surface area contributed by atoms with E-state index in [4.69, 9.17) is 0 Å². The van der Waals surface area contributed by atoms with Gasteiger partial charge in [0.1, 0.15) is 0 Å². The Labute approximate surface area is 278 Å². The maximum atomic E-state index is 2.45. The second-order valence-corrected chi connectivity index (χ2v) is 12.6. The molecule has 0 atom stereocenters. The lowest BCUT2D eigenvalue weighted by Crippen LogP contribution is -1.96. The number of fused-ring (bicyclic) bond motifs is 7. The van der Waals surface area contributed by atoms with Crippen molar-refractivity contribution in [2.75, 3.05) is 0 Å². The number of aromatic nitrogens is 2. The molecular formula is C46H30N2. The van der Waals surface area contributed by atoms with Crippen LogP contribution in [0.1, 0.15) is 0 Å². The van der Waals surface area contributed by atoms with Crippen molar-refractivity contribution < 1.29 is 0 Å². The molecule has 2 heterocycles. The Kier molecular flexibility index (Phi) is 5.91. The molecule has 48 heavy (non-hydrogen) atoms. The SMILES string of the molecule is c1ccc(-c2ccc(-n3c4cc(-c5ccccc5)ccc4c4cc5c6ccccc6n(-c6ccc7ccccc7c6)c5cc43)cc2)cc1. The van der Waals surface area contributed by atoms with Crippen LogP contribution in [0.4, 0.5) is 0 Å². The van der Waals surface area contributed by atoms with Crippen LogP contribution in [0.2, 0.25) is 0 Å². The Hall–Kier alpha value is -6.38. The Balaban J connectivity index is 1.29. The molecule has 10 aromatic rings. The number of nitrogens with zero attached hydrogens (tertiary/aromatic N) is 2. The van der Waals surface area contributed by atoms with Gasteiger partial charge in [0.15, 0.2) is 0 Å². The van der Waals surface area contributed by atoms with Crippen molar-refractivity contribution in [3.63, 3.8) is 0 Å². The standard InChI is InChI=1S/C46H30N2/c1-3-11-31(12-4-1)34-19-23-37(24-20-34)47-44-28-36(32-13-5-2-6-14-32)22-26-40(44)42-29-41-39-17-9-10-18-43(39)48(46(41)30-45(42)47)38-25-21-33-15-7-8-16-35(33)27-38/h1-30H. The first-order valence-corrected chi connectivity index (χ1v) is 16.5. The zero-order valence-electron chi connectivity index (χ0n) is 26.2. The van der Waals surface area contributed by atoms with Gasteiger partial charge >= 0.3 is 0 Å². The van der Waals surface area contributed by atoms with E-state index in [1.807, 2.05) is 0 Å². The first-order valence-electron chi connectivity index (χ1n) is 16.5. The van der Waals surface area contributed by atoms with Gasteiger partial charge in [-0.2, -0.15) is 0 Å². The highest BCUT2D eigenvalue weighted by atomic mass is 15.0. The second-order valence-electron chi connectivity index (χ2n) is 12.6. The van der Waals surface area contributed by atoms with Crippen molar-refractivity contribution in [2.45, 2.75) is 0 Å². The third-order valence-electron chi connectivity index (χ3n) is 9.89. The van der Waals surface area contributed by atoms with Crippen LogP contribution in [-0.4, -0.2) is 9.13 Å². The molecule has 0 aliphatic carbocycles. The number of para-hydroxylation sites is 1. The van der Waals surface area contributed by atoms with Crippen LogP contribution >= 0.6 is 0 Å². The molecule has 0 aliphatic rings. The largest absolute Gasteiger partial charge is 0.309 e. The summed E-state index contributed by atoms with van der Waals surface area (Å²) in [6.07, 6.45) is 0. The van der Waals surface area contributed by atoms with Crippen LogP contribution in [0.3, 0.4) is 0 Å². The lowest BCUT2D eigenvalue weighted by atomic mass is 10.0. The van der Waals surface area contributed by atoms with E-state index in [-0.39, 0.29) is 0 Å². The highest BCUT2D eigenvalue weighted by Crippen LogP contribution is 2.41. The summed E-state index contributed by atoms with van der Waals surface area (Å²) in [4.78, 5) is 0. The fraction of sp³-hybridized carbons (Fsp3) is 0. The monoisotopic (exact) mass is 610 g/mol. The van der Waals surface area contributed by atoms with Crippen molar-refractivity contribution in [1.82, 2.24) is 9.13 Å². The fourth-order valence-corrected chi connectivity index (χ4v) is 7.59. The predicted molar refractivity (Wildman–Crippen MR) is 203 cm³/mol. The van der Waals surface area contributed by atoms with Gasteiger partial charge in [-0.05, 0) is 81.6 Å². The van der Waals surface area contributed by atoms with Crippen LogP contribution in [0.15, 0.2) is 182 Å². The van der Waals surface area contributed by atoms with E-state index in [9.17, 15) is 0 Å². The molecular weight excluding hydrogens is 581 g/mol. The van der Waals surface area contributed by atoms with E-state index in [2.05, 4.69) is 191 Å². The van der Waals surface area contributed by atoms with Crippen LogP contribution < -0.4 is 0 Å². The minimum absolute atomic E-state index is 1.15. The van der Waals surface area contributed by atoms with E-state index >= 15 is 0 Å². The first kappa shape index (κ1) is 26.8. The average Bonchev–Trinajstić information content (AvgIpc) is 3.66. The summed E-state index contributed by atoms with van der Waals surface area (Å²) in [5.41, 5.74) is 12.0. The maximum Gasteiger partial charge on any atom is 0.0562 e. The predicted octanol–water partition coefficient (Wildman–Crippen LogP) is 12.4. The number of hydrogen-bond acceptors (Lipinski definition) is 0. The molecule has 2 heteroatoms. The third kappa shape index (κ3) is 4.13. The van der Waals surface area contributed by atoms with Gasteiger partial charge < -0.3 is 9.13 Å². The first-order chi connectivity index (χ1) is 23.8. The van der Waals surface area contributed by atoms with Crippen molar-refractivity contribution in [3.8, 4) is 33.6 Å². The van der Waals surface area contributed by atoms with E-state index in [1.54, 1.807) is 0 Å². The molecule has 224 valence electrons. The van der Waals surface area contributed by atoms with E-state index < -0.39 is 0 Å². The van der Waals surface area contributed by atoms with Gasteiger partial charge in [-0.3, -0.25) is 0 Å². The molecule has 0 radical (unpaired) electrons. The molecule has 0 N–H and O–H groups in total. The minimum Gasteiger partial charge on any atom is -0.309 e. The molecule has 2 aromatic heterocycles. The van der Waals surface area contributed by atoms with E-state index in [0.29, 0.717) is 0 Å². The average molecular weight is 611 g/mol. The molecule has 10 rings (SSSR count). The Morgan fingerprint density at radius 3 is 1.52 bits per heavy atom. The van der Waals surface area contributed by atoms with E-state index in [1.165, 1.54) is 82.3 Å². The fourth-order valence-electron chi connectivity index (χ4n) is 7.59. The molecule has 0 amide bonds. The highest BCUT2D eigenvalue weighted by molar-refractivity contribution is 6.19. The lowest BCUT2D eigenvalue weighted by Gasteiger charge is -2.12. The summed E-state index contributed by atoms with van der Waals surface area (Å²) >= 11 is 0. The van der Waals surface area contributed by atoms with Crippen molar-refractivity contribution in [3.05, 3.63) is 182 Å². The Bertz CT molecular complexity index is 2800. The second kappa shape index (κ2) is 10.6. The summed E-state index contributed by atoms with van der Waals surface area (Å²) in [6.45, 7) is 0. The zero-order valence-corrected chi connectivity index (χ0v) is 26.2. The topological polar surface area (TPSA) is 9.86 Å². The Morgan fingerprint density at radius 2 is 0.771 bits per heavy atom. The number of hydrogen-bond donors (Lipinski definition) is 0. The molecule has 0 spiro atoms. The quantitative estimate of drug-likeness (QED) is 0.188. The van der Waals surface area contributed by atoms with Gasteiger partial charge in [0.25, 0.3) is 0 Å². The van der Waals surface area contributed by atoms with Crippen LogP contribution in [0, 0.1) is 0 Å². The van der Waals surface area contributed by atoms with Crippen molar-refractivity contribution >= 4 is 54.4 Å². The number of benzene rings is 8. The summed E-state index contributed by atoms with van der Waals surface area (Å²) in [5.74, 6) is 0. The van der Waals surface area contributed by atoms with Gasteiger partial charge in [-0.15, -0.1) is 0 Å². The summed E-state index contributed by atoms with van der Waals surface area (Å²) < 4.78 is 4.89. The molecule has 0 aliphatic heterocycles. The van der Waals surface area contributed by atoms with Gasteiger partial charge in [0.05, 0.1) is 22.1 Å². The molecule has 0 bridgehead atoms. The third-order valence-corrected chi connectivity index (χ3v) is 9.89. The molecule has 0 saturated heterocycles. The van der Waals surface area contributed by atoms with Crippen LogP contribution in [0.5, 0.6) is 0 Å². The van der Waals surface area contributed by atoms with Crippen LogP contribution in [-0.2, 0) is 0 Å². The lowest BCUT2D eigenvalue weighted by molar-refractivity contribution is 1.17. The highest BCUT2D eigenvalue weighted by Gasteiger charge is 2.19.